The predicted molar refractivity (Wildman–Crippen MR) is 51.0 cm³/mol. The molecule has 0 bridgehead atoms. The number of methoxy groups -OCH3 is 1. The van der Waals surface area contributed by atoms with Crippen LogP contribution in [0.3, 0.4) is 0 Å². The maximum absolute atomic E-state index is 5.82. The molecule has 0 amide bonds. The summed E-state index contributed by atoms with van der Waals surface area (Å²) in [6.45, 7) is 1.80. The minimum absolute atomic E-state index is 0.0251. The highest BCUT2D eigenvalue weighted by molar-refractivity contribution is 6.20. The van der Waals surface area contributed by atoms with Gasteiger partial charge in [-0.05, 0) is 25.7 Å². The summed E-state index contributed by atoms with van der Waals surface area (Å²) < 4.78 is 10.3. The largest absolute Gasteiger partial charge is 0.373 e. The molecule has 1 heterocycles. The van der Waals surface area contributed by atoms with Gasteiger partial charge in [0.1, 0.15) is 11.5 Å². The quantitative estimate of drug-likeness (QED) is 0.726. The Balaban J connectivity index is 2.13. The van der Waals surface area contributed by atoms with E-state index >= 15 is 0 Å². The van der Waals surface area contributed by atoms with Crippen molar-refractivity contribution in [1.29, 1.82) is 0 Å². The fourth-order valence-corrected chi connectivity index (χ4v) is 1.52. The van der Waals surface area contributed by atoms with E-state index in [4.69, 9.17) is 20.9 Å². The number of halogens is 1. The highest BCUT2D eigenvalue weighted by atomic mass is 35.5. The standard InChI is InChI=1S/C9H13ClN2O2/c1-5(10)9-11-8(12-14-9)7(13-2)6-3-4-6/h5-7H,3-4H2,1-2H3. The normalized spacial score (nSPS) is 20.8. The lowest BCUT2D eigenvalue weighted by atomic mass is 10.2. The zero-order valence-corrected chi connectivity index (χ0v) is 8.99. The van der Waals surface area contributed by atoms with Gasteiger partial charge < -0.3 is 9.26 Å². The fraction of sp³-hybridized carbons (Fsp3) is 0.778. The second kappa shape index (κ2) is 3.87. The number of hydrogen-bond donors (Lipinski definition) is 0. The van der Waals surface area contributed by atoms with Gasteiger partial charge in [0.05, 0.1) is 0 Å². The van der Waals surface area contributed by atoms with Gasteiger partial charge in [0.2, 0.25) is 11.7 Å². The van der Waals surface area contributed by atoms with E-state index < -0.39 is 0 Å². The first-order valence-corrected chi connectivity index (χ1v) is 5.16. The smallest absolute Gasteiger partial charge is 0.244 e. The summed E-state index contributed by atoms with van der Waals surface area (Å²) in [7, 11) is 1.67. The lowest BCUT2D eigenvalue weighted by Gasteiger charge is -2.08. The Morgan fingerprint density at radius 2 is 2.29 bits per heavy atom. The second-order valence-corrected chi connectivity index (χ2v) is 4.26. The maximum atomic E-state index is 5.82. The maximum Gasteiger partial charge on any atom is 0.244 e. The van der Waals surface area contributed by atoms with Crippen LogP contribution in [-0.4, -0.2) is 17.3 Å². The Morgan fingerprint density at radius 3 is 2.71 bits per heavy atom. The first-order valence-electron chi connectivity index (χ1n) is 4.72. The lowest BCUT2D eigenvalue weighted by Crippen LogP contribution is -2.05. The van der Waals surface area contributed by atoms with E-state index in [0.29, 0.717) is 17.6 Å². The van der Waals surface area contributed by atoms with Crippen molar-refractivity contribution in [3.8, 4) is 0 Å². The van der Waals surface area contributed by atoms with Gasteiger partial charge in [-0.1, -0.05) is 5.16 Å². The molecule has 1 aliphatic rings. The van der Waals surface area contributed by atoms with Crippen LogP contribution in [-0.2, 0) is 4.74 Å². The van der Waals surface area contributed by atoms with Crippen molar-refractivity contribution in [2.45, 2.75) is 31.2 Å². The molecule has 0 aromatic carbocycles. The molecule has 2 atom stereocenters. The average molecular weight is 217 g/mol. The number of hydrogen-bond acceptors (Lipinski definition) is 4. The van der Waals surface area contributed by atoms with Crippen LogP contribution in [0.4, 0.5) is 0 Å². The third kappa shape index (κ3) is 1.91. The Bertz CT molecular complexity index is 310. The molecule has 1 aliphatic carbocycles. The van der Waals surface area contributed by atoms with Crippen LogP contribution in [0.25, 0.3) is 0 Å². The summed E-state index contributed by atoms with van der Waals surface area (Å²) in [5.74, 6) is 1.64. The first kappa shape index (κ1) is 9.93. The highest BCUT2D eigenvalue weighted by Gasteiger charge is 2.35. The second-order valence-electron chi connectivity index (χ2n) is 3.60. The Kier molecular flexibility index (Phi) is 2.74. The van der Waals surface area contributed by atoms with Gasteiger partial charge in [0.15, 0.2) is 0 Å². The van der Waals surface area contributed by atoms with Gasteiger partial charge in [0.25, 0.3) is 0 Å². The van der Waals surface area contributed by atoms with Crippen molar-refractivity contribution < 1.29 is 9.26 Å². The van der Waals surface area contributed by atoms with Crippen molar-refractivity contribution in [3.05, 3.63) is 11.7 Å². The summed E-state index contributed by atoms with van der Waals surface area (Å²) in [6, 6.07) is 0. The molecule has 0 aliphatic heterocycles. The summed E-state index contributed by atoms with van der Waals surface area (Å²) >= 11 is 5.82. The summed E-state index contributed by atoms with van der Waals surface area (Å²) in [5.41, 5.74) is 0. The van der Waals surface area contributed by atoms with Gasteiger partial charge in [-0.2, -0.15) is 4.98 Å². The van der Waals surface area contributed by atoms with Crippen molar-refractivity contribution in [2.75, 3.05) is 7.11 Å². The topological polar surface area (TPSA) is 48.2 Å². The van der Waals surface area contributed by atoms with Crippen molar-refractivity contribution in [1.82, 2.24) is 10.1 Å². The fourth-order valence-electron chi connectivity index (χ4n) is 1.43. The average Bonchev–Trinajstić information content (AvgIpc) is 2.84. The molecule has 78 valence electrons. The molecule has 1 aromatic rings. The highest BCUT2D eigenvalue weighted by Crippen LogP contribution is 2.42. The van der Waals surface area contributed by atoms with Crippen LogP contribution in [0, 0.1) is 5.92 Å². The molecule has 1 saturated carbocycles. The zero-order valence-electron chi connectivity index (χ0n) is 8.24. The van der Waals surface area contributed by atoms with Crippen LogP contribution in [0.1, 0.15) is 43.0 Å². The van der Waals surface area contributed by atoms with Crippen LogP contribution >= 0.6 is 11.6 Å². The van der Waals surface area contributed by atoms with Crippen LogP contribution in [0.2, 0.25) is 0 Å². The number of nitrogens with zero attached hydrogens (tertiary/aromatic N) is 2. The van der Waals surface area contributed by atoms with E-state index in [0.717, 1.165) is 0 Å². The van der Waals surface area contributed by atoms with Gasteiger partial charge in [0, 0.05) is 7.11 Å². The predicted octanol–water partition coefficient (Wildman–Crippen LogP) is 2.47. The van der Waals surface area contributed by atoms with E-state index in [1.165, 1.54) is 12.8 Å². The molecular formula is C9H13ClN2O2. The number of alkyl halides is 1. The Morgan fingerprint density at radius 1 is 1.57 bits per heavy atom. The third-order valence-corrected chi connectivity index (χ3v) is 2.54. The minimum atomic E-state index is -0.243. The Hall–Kier alpha value is -0.610. The van der Waals surface area contributed by atoms with Gasteiger partial charge in [-0.25, -0.2) is 0 Å². The monoisotopic (exact) mass is 216 g/mol. The number of rotatable bonds is 4. The molecule has 0 spiro atoms. The molecule has 0 radical (unpaired) electrons. The first-order chi connectivity index (χ1) is 6.72. The molecule has 2 unspecified atom stereocenters. The van der Waals surface area contributed by atoms with Crippen molar-refractivity contribution in [3.63, 3.8) is 0 Å². The van der Waals surface area contributed by atoms with E-state index in [-0.39, 0.29) is 11.5 Å². The number of aromatic nitrogens is 2. The molecule has 2 rings (SSSR count). The zero-order chi connectivity index (χ0) is 10.1. The van der Waals surface area contributed by atoms with Gasteiger partial charge in [-0.3, -0.25) is 0 Å². The summed E-state index contributed by atoms with van der Waals surface area (Å²) in [4.78, 5) is 4.21. The van der Waals surface area contributed by atoms with Gasteiger partial charge in [-0.15, -0.1) is 11.6 Å². The van der Waals surface area contributed by atoms with E-state index in [1.807, 2.05) is 0 Å². The number of ether oxygens (including phenoxy) is 1. The molecular weight excluding hydrogens is 204 g/mol. The third-order valence-electron chi connectivity index (χ3n) is 2.36. The Labute approximate surface area is 87.6 Å². The minimum Gasteiger partial charge on any atom is -0.373 e. The molecule has 0 saturated heterocycles. The van der Waals surface area contributed by atoms with Crippen molar-refractivity contribution >= 4 is 11.6 Å². The molecule has 4 nitrogen and oxygen atoms in total. The van der Waals surface area contributed by atoms with Crippen LogP contribution in [0.15, 0.2) is 4.52 Å². The van der Waals surface area contributed by atoms with Gasteiger partial charge >= 0.3 is 0 Å². The molecule has 5 heteroatoms. The molecule has 0 N–H and O–H groups in total. The van der Waals surface area contributed by atoms with E-state index in [2.05, 4.69) is 10.1 Å². The summed E-state index contributed by atoms with van der Waals surface area (Å²) in [6.07, 6.45) is 2.33. The molecule has 14 heavy (non-hydrogen) atoms. The van der Waals surface area contributed by atoms with Crippen LogP contribution < -0.4 is 0 Å². The van der Waals surface area contributed by atoms with Crippen molar-refractivity contribution in [2.24, 2.45) is 5.92 Å². The molecule has 1 aromatic heterocycles. The van der Waals surface area contributed by atoms with E-state index in [1.54, 1.807) is 14.0 Å². The lowest BCUT2D eigenvalue weighted by molar-refractivity contribution is 0.0751. The SMILES string of the molecule is COC(c1noc(C(C)Cl)n1)C1CC1. The van der Waals surface area contributed by atoms with E-state index in [9.17, 15) is 0 Å². The van der Waals surface area contributed by atoms with Crippen LogP contribution in [0.5, 0.6) is 0 Å². The summed E-state index contributed by atoms with van der Waals surface area (Å²) in [5, 5.41) is 3.63. The molecule has 1 fully saturated rings.